The van der Waals surface area contributed by atoms with E-state index in [-0.39, 0.29) is 11.3 Å². The Hall–Kier alpha value is -2.35. The van der Waals surface area contributed by atoms with Gasteiger partial charge in [0.25, 0.3) is 0 Å². The average Bonchev–Trinajstić information content (AvgIpc) is 2.66. The molecule has 0 aromatic heterocycles. The van der Waals surface area contributed by atoms with Crippen LogP contribution in [-0.4, -0.2) is 12.5 Å². The molecule has 32 heavy (non-hydrogen) atoms. The van der Waals surface area contributed by atoms with Gasteiger partial charge in [-0.1, -0.05) is 78.7 Å². The van der Waals surface area contributed by atoms with Crippen molar-refractivity contribution in [3.8, 4) is 0 Å². The van der Waals surface area contributed by atoms with Gasteiger partial charge in [-0.25, -0.2) is 0 Å². The maximum atomic E-state index is 12.1. The average molecular weight is 436 g/mol. The summed E-state index contributed by atoms with van der Waals surface area (Å²) in [6, 6.07) is 0. The van der Waals surface area contributed by atoms with E-state index in [2.05, 4.69) is 84.2 Å². The third-order valence-corrected chi connectivity index (χ3v) is 5.95. The van der Waals surface area contributed by atoms with Crippen molar-refractivity contribution in [1.82, 2.24) is 5.32 Å². The Morgan fingerprint density at radius 3 is 2.41 bits per heavy atom. The largest absolute Gasteiger partial charge is 0.349 e. The predicted molar refractivity (Wildman–Crippen MR) is 142 cm³/mol. The van der Waals surface area contributed by atoms with Gasteiger partial charge in [-0.15, -0.1) is 0 Å². The summed E-state index contributed by atoms with van der Waals surface area (Å²) in [6.45, 7) is 17.9. The number of hydrogen-bond donors (Lipinski definition) is 1. The minimum Gasteiger partial charge on any atom is -0.349 e. The van der Waals surface area contributed by atoms with Gasteiger partial charge >= 0.3 is 0 Å². The number of allylic oxidation sites excluding steroid dienone is 12. The van der Waals surface area contributed by atoms with E-state index >= 15 is 0 Å². The summed E-state index contributed by atoms with van der Waals surface area (Å²) < 4.78 is 0. The lowest BCUT2D eigenvalue weighted by Crippen LogP contribution is -2.21. The van der Waals surface area contributed by atoms with Crippen LogP contribution in [0.1, 0.15) is 87.5 Å². The van der Waals surface area contributed by atoms with Crippen molar-refractivity contribution in [2.75, 3.05) is 6.54 Å². The van der Waals surface area contributed by atoms with E-state index in [1.807, 2.05) is 19.1 Å². The molecule has 1 N–H and O–H groups in total. The third kappa shape index (κ3) is 11.3. The molecule has 0 saturated carbocycles. The number of amides is 1. The van der Waals surface area contributed by atoms with Crippen LogP contribution in [0.2, 0.25) is 0 Å². The topological polar surface area (TPSA) is 29.1 Å². The molecule has 0 saturated heterocycles. The first kappa shape index (κ1) is 27.7. The van der Waals surface area contributed by atoms with E-state index in [1.54, 1.807) is 6.08 Å². The van der Waals surface area contributed by atoms with Crippen molar-refractivity contribution in [2.24, 2.45) is 5.41 Å². The molecule has 1 amide bonds. The van der Waals surface area contributed by atoms with Gasteiger partial charge in [0, 0.05) is 12.6 Å². The van der Waals surface area contributed by atoms with Gasteiger partial charge in [0.2, 0.25) is 5.91 Å². The quantitative estimate of drug-likeness (QED) is 0.208. The van der Waals surface area contributed by atoms with Gasteiger partial charge in [0.15, 0.2) is 0 Å². The van der Waals surface area contributed by atoms with E-state index in [4.69, 9.17) is 0 Å². The molecule has 0 atom stereocenters. The van der Waals surface area contributed by atoms with Gasteiger partial charge in [0.05, 0.1) is 0 Å². The maximum absolute atomic E-state index is 12.1. The Balaban J connectivity index is 2.55. The lowest BCUT2D eigenvalue weighted by molar-refractivity contribution is -0.116. The van der Waals surface area contributed by atoms with Crippen LogP contribution in [0.25, 0.3) is 0 Å². The highest BCUT2D eigenvalue weighted by Gasteiger charge is 2.26. The summed E-state index contributed by atoms with van der Waals surface area (Å²) in [5.41, 5.74) is 8.06. The predicted octanol–water partition coefficient (Wildman–Crippen LogP) is 8.33. The molecule has 0 unspecified atom stereocenters. The first-order valence-electron chi connectivity index (χ1n) is 12.0. The van der Waals surface area contributed by atoms with Crippen LogP contribution in [0.5, 0.6) is 0 Å². The van der Waals surface area contributed by atoms with Crippen LogP contribution < -0.4 is 5.32 Å². The van der Waals surface area contributed by atoms with Crippen molar-refractivity contribution in [1.29, 1.82) is 0 Å². The van der Waals surface area contributed by atoms with Gasteiger partial charge < -0.3 is 5.32 Å². The van der Waals surface area contributed by atoms with Crippen molar-refractivity contribution in [2.45, 2.75) is 87.5 Å². The van der Waals surface area contributed by atoms with Crippen molar-refractivity contribution >= 4 is 5.91 Å². The minimum atomic E-state index is -0.0527. The number of carbonyl (C=O) groups excluding carboxylic acids is 1. The van der Waals surface area contributed by atoms with E-state index in [1.165, 1.54) is 47.1 Å². The fraction of sp³-hybridized carbons (Fsp3) is 0.500. The molecule has 0 aromatic carbocycles. The standard InChI is InChI=1S/C30H45NO/c1-23(2)12-9-13-25(4)19-21-31-29(32)22-26(5)15-10-14-24(3)17-18-28-27(6)16-11-20-30(28,7)8/h10,12,14-15,17-19,22H,9,11,13,16,20-21H2,1-8H3,(H,31,32)/b15-10+,18-17+,24-14+,25-19+,26-22+. The normalized spacial score (nSPS) is 17.9. The first-order chi connectivity index (χ1) is 15.0. The van der Waals surface area contributed by atoms with Gasteiger partial charge in [0.1, 0.15) is 0 Å². The van der Waals surface area contributed by atoms with Gasteiger partial charge in [-0.2, -0.15) is 0 Å². The second-order valence-electron chi connectivity index (χ2n) is 10.0. The minimum absolute atomic E-state index is 0.0527. The zero-order chi connectivity index (χ0) is 24.1. The van der Waals surface area contributed by atoms with Gasteiger partial charge in [-0.05, 0) is 90.2 Å². The first-order valence-corrected chi connectivity index (χ1v) is 12.0. The molecule has 1 aliphatic carbocycles. The maximum Gasteiger partial charge on any atom is 0.244 e. The summed E-state index contributed by atoms with van der Waals surface area (Å²) >= 11 is 0. The highest BCUT2D eigenvalue weighted by atomic mass is 16.1. The molecule has 0 aromatic rings. The zero-order valence-corrected chi connectivity index (χ0v) is 21.8. The molecule has 0 heterocycles. The smallest absolute Gasteiger partial charge is 0.244 e. The van der Waals surface area contributed by atoms with Crippen LogP contribution in [-0.2, 0) is 4.79 Å². The monoisotopic (exact) mass is 435 g/mol. The van der Waals surface area contributed by atoms with Crippen molar-refractivity contribution < 1.29 is 4.79 Å². The lowest BCUT2D eigenvalue weighted by Gasteiger charge is -2.32. The number of rotatable bonds is 10. The Morgan fingerprint density at radius 2 is 1.75 bits per heavy atom. The van der Waals surface area contributed by atoms with Crippen LogP contribution in [0.4, 0.5) is 0 Å². The summed E-state index contributed by atoms with van der Waals surface area (Å²) in [6.07, 6.45) is 22.4. The zero-order valence-electron chi connectivity index (χ0n) is 21.8. The lowest BCUT2D eigenvalue weighted by atomic mass is 9.72. The van der Waals surface area contributed by atoms with Crippen LogP contribution >= 0.6 is 0 Å². The number of hydrogen-bond acceptors (Lipinski definition) is 1. The molecular weight excluding hydrogens is 390 g/mol. The third-order valence-electron chi connectivity index (χ3n) is 5.95. The van der Waals surface area contributed by atoms with E-state index in [0.717, 1.165) is 18.4 Å². The Morgan fingerprint density at radius 1 is 1.03 bits per heavy atom. The number of carbonyl (C=O) groups is 1. The van der Waals surface area contributed by atoms with Gasteiger partial charge in [-0.3, -0.25) is 4.79 Å². The SMILES string of the molecule is CC(C)=CCC/C(C)=C/CNC(=O)/C=C(C)/C=C/C=C(C)/C=C/C1=C(C)CCCC1(C)C. The second-order valence-corrected chi connectivity index (χ2v) is 10.0. The molecule has 0 spiro atoms. The van der Waals surface area contributed by atoms with Crippen LogP contribution in [0.3, 0.4) is 0 Å². The highest BCUT2D eigenvalue weighted by Crippen LogP contribution is 2.40. The molecule has 1 rings (SSSR count). The summed E-state index contributed by atoms with van der Waals surface area (Å²) in [4.78, 5) is 12.1. The fourth-order valence-corrected chi connectivity index (χ4v) is 3.95. The Labute approximate surface area is 197 Å². The summed E-state index contributed by atoms with van der Waals surface area (Å²) in [7, 11) is 0. The van der Waals surface area contributed by atoms with Crippen molar-refractivity contribution in [3.63, 3.8) is 0 Å². The van der Waals surface area contributed by atoms with Crippen LogP contribution in [0, 0.1) is 5.41 Å². The molecule has 1 aliphatic rings. The van der Waals surface area contributed by atoms with E-state index < -0.39 is 0 Å². The molecule has 2 nitrogen and oxygen atoms in total. The number of nitrogens with one attached hydrogen (secondary N) is 1. The second kappa shape index (κ2) is 13.9. The molecular formula is C30H45NO. The molecule has 0 radical (unpaired) electrons. The van der Waals surface area contributed by atoms with Crippen LogP contribution in [0.15, 0.2) is 82.0 Å². The van der Waals surface area contributed by atoms with E-state index in [9.17, 15) is 4.79 Å². The summed E-state index contributed by atoms with van der Waals surface area (Å²) in [5.74, 6) is -0.0527. The molecule has 0 fully saturated rings. The fourth-order valence-electron chi connectivity index (χ4n) is 3.95. The van der Waals surface area contributed by atoms with Crippen molar-refractivity contribution in [3.05, 3.63) is 82.0 Å². The molecule has 176 valence electrons. The Bertz CT molecular complexity index is 849. The molecule has 0 aliphatic heterocycles. The highest BCUT2D eigenvalue weighted by molar-refractivity contribution is 5.88. The summed E-state index contributed by atoms with van der Waals surface area (Å²) in [5, 5.41) is 2.94. The van der Waals surface area contributed by atoms with E-state index in [0.29, 0.717) is 6.54 Å². The molecule has 0 bridgehead atoms. The molecule has 2 heteroatoms. The Kier molecular flexibility index (Phi) is 12.1.